The van der Waals surface area contributed by atoms with Gasteiger partial charge in [0.2, 0.25) is 0 Å². The molecule has 2 aliphatic rings. The van der Waals surface area contributed by atoms with Gasteiger partial charge in [-0.05, 0) is 6.42 Å². The van der Waals surface area contributed by atoms with Crippen LogP contribution < -0.4 is 4.90 Å². The lowest BCUT2D eigenvalue weighted by Gasteiger charge is -2.37. The standard InChI is InChI=1S/C18H24F3N5O/c1-16(2,3)15-23-13(25-6-4-17(8-25)9-27-10-17)12-14(24-15)26(11-22-12)7-5-18(19,20)21/h11H,4-10H2,1-3H3. The number of anilines is 1. The topological polar surface area (TPSA) is 56.1 Å². The number of halogens is 3. The number of nitrogens with zero attached hydrogens (tertiary/aromatic N) is 5. The SMILES string of the molecule is CC(C)(C)c1nc(N2CCC3(COC3)C2)c2ncn(CCC(F)(F)F)c2n1. The summed E-state index contributed by atoms with van der Waals surface area (Å²) in [6, 6.07) is 0. The number of alkyl halides is 3. The molecule has 0 N–H and O–H groups in total. The van der Waals surface area contributed by atoms with Gasteiger partial charge in [0.25, 0.3) is 0 Å². The molecule has 0 amide bonds. The van der Waals surface area contributed by atoms with E-state index in [1.165, 1.54) is 10.9 Å². The number of imidazole rings is 1. The molecule has 4 heterocycles. The summed E-state index contributed by atoms with van der Waals surface area (Å²) in [5.74, 6) is 1.34. The first-order valence-electron chi connectivity index (χ1n) is 9.19. The monoisotopic (exact) mass is 383 g/mol. The van der Waals surface area contributed by atoms with Crippen LogP contribution in [0.3, 0.4) is 0 Å². The number of ether oxygens (including phenoxy) is 1. The first-order valence-corrected chi connectivity index (χ1v) is 9.19. The van der Waals surface area contributed by atoms with Crippen LogP contribution >= 0.6 is 0 Å². The van der Waals surface area contributed by atoms with E-state index < -0.39 is 12.6 Å². The number of hydrogen-bond acceptors (Lipinski definition) is 5. The van der Waals surface area contributed by atoms with Gasteiger partial charge in [0, 0.05) is 30.5 Å². The van der Waals surface area contributed by atoms with E-state index in [0.717, 1.165) is 38.5 Å². The Morgan fingerprint density at radius 1 is 1.19 bits per heavy atom. The van der Waals surface area contributed by atoms with E-state index in [-0.39, 0.29) is 17.4 Å². The summed E-state index contributed by atoms with van der Waals surface area (Å²) in [4.78, 5) is 15.9. The van der Waals surface area contributed by atoms with Crippen LogP contribution in [0.25, 0.3) is 11.2 Å². The molecule has 2 aliphatic heterocycles. The maximum absolute atomic E-state index is 12.7. The van der Waals surface area contributed by atoms with Crippen molar-refractivity contribution in [2.45, 2.75) is 51.7 Å². The second kappa shape index (κ2) is 6.05. The highest BCUT2D eigenvalue weighted by Crippen LogP contribution is 2.40. The molecule has 0 atom stereocenters. The van der Waals surface area contributed by atoms with Crippen molar-refractivity contribution in [2.75, 3.05) is 31.2 Å². The highest BCUT2D eigenvalue weighted by Gasteiger charge is 2.45. The molecule has 27 heavy (non-hydrogen) atoms. The van der Waals surface area contributed by atoms with Crippen LogP contribution in [0.5, 0.6) is 0 Å². The van der Waals surface area contributed by atoms with E-state index in [2.05, 4.69) is 14.9 Å². The fourth-order valence-corrected chi connectivity index (χ4v) is 3.64. The Balaban J connectivity index is 1.74. The third kappa shape index (κ3) is 3.49. The average molecular weight is 383 g/mol. The quantitative estimate of drug-likeness (QED) is 0.814. The molecule has 0 bridgehead atoms. The van der Waals surface area contributed by atoms with Crippen LogP contribution in [-0.2, 0) is 16.7 Å². The van der Waals surface area contributed by atoms with Crippen LogP contribution in [0.1, 0.15) is 39.4 Å². The molecule has 0 radical (unpaired) electrons. The van der Waals surface area contributed by atoms with Crippen LogP contribution in [0.15, 0.2) is 6.33 Å². The minimum absolute atomic E-state index is 0.179. The number of hydrogen-bond donors (Lipinski definition) is 0. The Hall–Kier alpha value is -1.90. The van der Waals surface area contributed by atoms with Crippen molar-refractivity contribution in [2.24, 2.45) is 5.41 Å². The summed E-state index contributed by atoms with van der Waals surface area (Å²) in [6.07, 6.45) is -2.66. The van der Waals surface area contributed by atoms with Gasteiger partial charge in [0.05, 0.1) is 26.0 Å². The molecule has 2 saturated heterocycles. The van der Waals surface area contributed by atoms with E-state index in [9.17, 15) is 13.2 Å². The molecule has 0 saturated carbocycles. The van der Waals surface area contributed by atoms with E-state index in [1.807, 2.05) is 20.8 Å². The van der Waals surface area contributed by atoms with Gasteiger partial charge in [-0.3, -0.25) is 0 Å². The van der Waals surface area contributed by atoms with E-state index in [1.54, 1.807) is 0 Å². The zero-order chi connectivity index (χ0) is 19.4. The molecule has 2 aromatic heterocycles. The number of rotatable bonds is 3. The molecule has 148 valence electrons. The smallest absolute Gasteiger partial charge is 0.380 e. The van der Waals surface area contributed by atoms with E-state index in [0.29, 0.717) is 17.0 Å². The number of fused-ring (bicyclic) bond motifs is 1. The Bertz CT molecular complexity index is 851. The van der Waals surface area contributed by atoms with Crippen LogP contribution in [0, 0.1) is 5.41 Å². The second-order valence-electron chi connectivity index (χ2n) is 8.76. The molecule has 0 aliphatic carbocycles. The van der Waals surface area contributed by atoms with Crippen LogP contribution in [0.2, 0.25) is 0 Å². The normalized spacial score (nSPS) is 19.9. The number of aryl methyl sites for hydroxylation is 1. The second-order valence-corrected chi connectivity index (χ2v) is 8.76. The maximum Gasteiger partial charge on any atom is 0.390 e. The van der Waals surface area contributed by atoms with Gasteiger partial charge in [0.1, 0.15) is 5.82 Å². The minimum atomic E-state index is -4.22. The van der Waals surface area contributed by atoms with Crippen LogP contribution in [0.4, 0.5) is 19.0 Å². The van der Waals surface area contributed by atoms with Crippen molar-refractivity contribution in [1.29, 1.82) is 0 Å². The molecule has 6 nitrogen and oxygen atoms in total. The van der Waals surface area contributed by atoms with E-state index >= 15 is 0 Å². The zero-order valence-electron chi connectivity index (χ0n) is 15.8. The minimum Gasteiger partial charge on any atom is -0.380 e. The molecule has 2 aromatic rings. The lowest BCUT2D eigenvalue weighted by Crippen LogP contribution is -2.44. The molecule has 9 heteroatoms. The van der Waals surface area contributed by atoms with Gasteiger partial charge >= 0.3 is 6.18 Å². The van der Waals surface area contributed by atoms with Crippen molar-refractivity contribution in [1.82, 2.24) is 19.5 Å². The Kier molecular flexibility index (Phi) is 4.14. The average Bonchev–Trinajstić information content (AvgIpc) is 3.15. The predicted octanol–water partition coefficient (Wildman–Crippen LogP) is 3.30. The van der Waals surface area contributed by atoms with Crippen molar-refractivity contribution in [3.63, 3.8) is 0 Å². The van der Waals surface area contributed by atoms with E-state index in [4.69, 9.17) is 9.72 Å². The summed E-state index contributed by atoms with van der Waals surface area (Å²) in [5.41, 5.74) is 0.902. The van der Waals surface area contributed by atoms with Crippen LogP contribution in [-0.4, -0.2) is 52.0 Å². The maximum atomic E-state index is 12.7. The molecule has 2 fully saturated rings. The molecule has 0 aromatic carbocycles. The third-order valence-corrected chi connectivity index (χ3v) is 5.31. The van der Waals surface area contributed by atoms with Crippen molar-refractivity contribution in [3.05, 3.63) is 12.2 Å². The largest absolute Gasteiger partial charge is 0.390 e. The van der Waals surface area contributed by atoms with Gasteiger partial charge in [-0.2, -0.15) is 13.2 Å². The van der Waals surface area contributed by atoms with Gasteiger partial charge in [0.15, 0.2) is 17.0 Å². The lowest BCUT2D eigenvalue weighted by molar-refractivity contribution is -0.136. The molecular formula is C18H24F3N5O. The van der Waals surface area contributed by atoms with Gasteiger partial charge in [-0.1, -0.05) is 20.8 Å². The summed E-state index contributed by atoms with van der Waals surface area (Å²) < 4.78 is 44.9. The summed E-state index contributed by atoms with van der Waals surface area (Å²) >= 11 is 0. The first-order chi connectivity index (χ1) is 12.6. The molecule has 1 spiro atoms. The highest BCUT2D eigenvalue weighted by molar-refractivity contribution is 5.84. The summed E-state index contributed by atoms with van der Waals surface area (Å²) in [6.45, 7) is 8.98. The van der Waals surface area contributed by atoms with Crippen molar-refractivity contribution < 1.29 is 17.9 Å². The zero-order valence-corrected chi connectivity index (χ0v) is 15.8. The Labute approximate surface area is 155 Å². The Morgan fingerprint density at radius 2 is 1.93 bits per heavy atom. The predicted molar refractivity (Wildman–Crippen MR) is 94.8 cm³/mol. The van der Waals surface area contributed by atoms with Crippen molar-refractivity contribution >= 4 is 17.0 Å². The molecule has 4 rings (SSSR count). The molecule has 0 unspecified atom stereocenters. The molecular weight excluding hydrogens is 359 g/mol. The van der Waals surface area contributed by atoms with Gasteiger partial charge < -0.3 is 14.2 Å². The van der Waals surface area contributed by atoms with Gasteiger partial charge in [-0.25, -0.2) is 15.0 Å². The van der Waals surface area contributed by atoms with Crippen molar-refractivity contribution in [3.8, 4) is 0 Å². The third-order valence-electron chi connectivity index (χ3n) is 5.31. The fraction of sp³-hybridized carbons (Fsp3) is 0.722. The fourth-order valence-electron chi connectivity index (χ4n) is 3.64. The first kappa shape index (κ1) is 18.5. The number of aromatic nitrogens is 4. The summed E-state index contributed by atoms with van der Waals surface area (Å²) in [7, 11) is 0. The summed E-state index contributed by atoms with van der Waals surface area (Å²) in [5, 5.41) is 0. The van der Waals surface area contributed by atoms with Gasteiger partial charge in [-0.15, -0.1) is 0 Å². The highest BCUT2D eigenvalue weighted by atomic mass is 19.4. The Morgan fingerprint density at radius 3 is 2.48 bits per heavy atom. The lowest BCUT2D eigenvalue weighted by atomic mass is 9.85.